The van der Waals surface area contributed by atoms with Gasteiger partial charge in [-0.2, -0.15) is 5.10 Å². The summed E-state index contributed by atoms with van der Waals surface area (Å²) in [5, 5.41) is 7.55. The predicted octanol–water partition coefficient (Wildman–Crippen LogP) is 1.79. The number of carbonyl (C=O) groups is 1. The first-order chi connectivity index (χ1) is 11.2. The monoisotopic (exact) mass is 313 g/mol. The van der Waals surface area contributed by atoms with Crippen LogP contribution in [0.4, 0.5) is 0 Å². The van der Waals surface area contributed by atoms with E-state index in [4.69, 9.17) is 9.47 Å². The van der Waals surface area contributed by atoms with Crippen molar-refractivity contribution in [2.75, 3.05) is 19.8 Å². The summed E-state index contributed by atoms with van der Waals surface area (Å²) in [6.07, 6.45) is 2.69. The van der Waals surface area contributed by atoms with Crippen LogP contribution in [0.3, 0.4) is 0 Å². The van der Waals surface area contributed by atoms with Gasteiger partial charge in [-0.15, -0.1) is 0 Å². The number of para-hydroxylation sites is 1. The zero-order valence-electron chi connectivity index (χ0n) is 13.0. The topological polar surface area (TPSA) is 65.4 Å². The van der Waals surface area contributed by atoms with Crippen LogP contribution in [0.2, 0.25) is 0 Å². The van der Waals surface area contributed by atoms with Crippen LogP contribution in [0.5, 0.6) is 5.75 Å². The number of ether oxygens (including phenoxy) is 2. The van der Waals surface area contributed by atoms with Gasteiger partial charge in [-0.1, -0.05) is 18.2 Å². The summed E-state index contributed by atoms with van der Waals surface area (Å²) in [6, 6.07) is 7.68. The molecule has 1 aromatic heterocycles. The fourth-order valence-corrected chi connectivity index (χ4v) is 3.25. The maximum absolute atomic E-state index is 12.7. The van der Waals surface area contributed by atoms with E-state index in [9.17, 15) is 4.79 Å². The number of aromatic nitrogens is 2. The number of rotatable bonds is 3. The van der Waals surface area contributed by atoms with Gasteiger partial charge in [-0.25, -0.2) is 0 Å². The molecular formula is C17H19N3O3. The fraction of sp³-hybridized carbons (Fsp3) is 0.412. The van der Waals surface area contributed by atoms with Gasteiger partial charge in [0.15, 0.2) is 0 Å². The standard InChI is InChI=1S/C17H19N3O3/c1-20-8-13(16(19-20)11-6-7-22-9-11)17(21)18-14-10-23-15-5-3-2-4-12(14)15/h2-5,8,11,14H,6-7,9-10H2,1H3,(H,18,21)/t11-,14-/m0/s1. The summed E-state index contributed by atoms with van der Waals surface area (Å²) < 4.78 is 12.8. The van der Waals surface area contributed by atoms with E-state index in [0.29, 0.717) is 18.8 Å². The molecule has 6 heteroatoms. The molecule has 2 atom stereocenters. The summed E-state index contributed by atoms with van der Waals surface area (Å²) in [6.45, 7) is 1.83. The van der Waals surface area contributed by atoms with Gasteiger partial charge >= 0.3 is 0 Å². The van der Waals surface area contributed by atoms with Gasteiger partial charge in [0.1, 0.15) is 12.4 Å². The van der Waals surface area contributed by atoms with E-state index in [2.05, 4.69) is 10.4 Å². The number of benzene rings is 1. The number of nitrogens with zero attached hydrogens (tertiary/aromatic N) is 2. The average molecular weight is 313 g/mol. The van der Waals surface area contributed by atoms with Crippen molar-refractivity contribution >= 4 is 5.91 Å². The lowest BCUT2D eigenvalue weighted by Crippen LogP contribution is -2.30. The summed E-state index contributed by atoms with van der Waals surface area (Å²) in [5.41, 5.74) is 2.48. The van der Waals surface area contributed by atoms with E-state index in [-0.39, 0.29) is 17.9 Å². The summed E-state index contributed by atoms with van der Waals surface area (Å²) >= 11 is 0. The summed E-state index contributed by atoms with van der Waals surface area (Å²) in [7, 11) is 1.84. The minimum absolute atomic E-state index is 0.106. The predicted molar refractivity (Wildman–Crippen MR) is 83.5 cm³/mol. The Morgan fingerprint density at radius 1 is 1.35 bits per heavy atom. The molecule has 0 aliphatic carbocycles. The average Bonchev–Trinajstić information content (AvgIpc) is 3.27. The lowest BCUT2D eigenvalue weighted by molar-refractivity contribution is 0.0928. The highest BCUT2D eigenvalue weighted by molar-refractivity contribution is 5.95. The molecule has 4 rings (SSSR count). The van der Waals surface area contributed by atoms with Crippen LogP contribution < -0.4 is 10.1 Å². The van der Waals surface area contributed by atoms with Crippen LogP contribution in [0.1, 0.15) is 40.0 Å². The molecule has 0 unspecified atom stereocenters. The second kappa shape index (κ2) is 5.70. The Morgan fingerprint density at radius 3 is 3.04 bits per heavy atom. The maximum Gasteiger partial charge on any atom is 0.255 e. The van der Waals surface area contributed by atoms with Gasteiger partial charge in [0, 0.05) is 31.3 Å². The first-order valence-corrected chi connectivity index (χ1v) is 7.86. The largest absolute Gasteiger partial charge is 0.491 e. The number of amides is 1. The SMILES string of the molecule is Cn1cc(C(=O)N[C@H]2COc3ccccc32)c([C@H]2CCOC2)n1. The quantitative estimate of drug-likeness (QED) is 0.938. The zero-order valence-corrected chi connectivity index (χ0v) is 13.0. The van der Waals surface area contributed by atoms with E-state index in [0.717, 1.165) is 30.0 Å². The molecule has 1 fully saturated rings. The molecule has 1 N–H and O–H groups in total. The second-order valence-electron chi connectivity index (χ2n) is 6.04. The molecule has 6 nitrogen and oxygen atoms in total. The third kappa shape index (κ3) is 2.59. The van der Waals surface area contributed by atoms with Gasteiger partial charge in [0.2, 0.25) is 0 Å². The highest BCUT2D eigenvalue weighted by Gasteiger charge is 2.30. The second-order valence-corrected chi connectivity index (χ2v) is 6.04. The molecule has 2 aromatic rings. The number of nitrogens with one attached hydrogen (secondary N) is 1. The van der Waals surface area contributed by atoms with Crippen LogP contribution in [0.15, 0.2) is 30.5 Å². The van der Waals surface area contributed by atoms with E-state index >= 15 is 0 Å². The number of aryl methyl sites for hydroxylation is 1. The Bertz CT molecular complexity index is 734. The summed E-state index contributed by atoms with van der Waals surface area (Å²) in [4.78, 5) is 12.7. The lowest BCUT2D eigenvalue weighted by Gasteiger charge is -2.13. The van der Waals surface area contributed by atoms with E-state index in [1.54, 1.807) is 10.9 Å². The fourth-order valence-electron chi connectivity index (χ4n) is 3.25. The number of hydrogen-bond acceptors (Lipinski definition) is 4. The van der Waals surface area contributed by atoms with Gasteiger partial charge in [0.05, 0.1) is 23.9 Å². The minimum Gasteiger partial charge on any atom is -0.491 e. The Labute approximate surface area is 134 Å². The van der Waals surface area contributed by atoms with Crippen LogP contribution in [-0.2, 0) is 11.8 Å². The summed E-state index contributed by atoms with van der Waals surface area (Å²) in [5.74, 6) is 0.933. The molecule has 0 saturated carbocycles. The normalized spacial score (nSPS) is 22.7. The zero-order chi connectivity index (χ0) is 15.8. The Balaban J connectivity index is 1.56. The van der Waals surface area contributed by atoms with Crippen molar-refractivity contribution in [2.45, 2.75) is 18.4 Å². The number of carbonyl (C=O) groups excluding carboxylic acids is 1. The molecule has 0 radical (unpaired) electrons. The molecule has 120 valence electrons. The minimum atomic E-state index is -0.119. The molecule has 3 heterocycles. The van der Waals surface area contributed by atoms with E-state index in [1.807, 2.05) is 31.3 Å². The van der Waals surface area contributed by atoms with Crippen molar-refractivity contribution in [3.8, 4) is 5.75 Å². The van der Waals surface area contributed by atoms with Crippen LogP contribution >= 0.6 is 0 Å². The third-order valence-electron chi connectivity index (χ3n) is 4.42. The van der Waals surface area contributed by atoms with Crippen molar-refractivity contribution in [1.82, 2.24) is 15.1 Å². The highest BCUT2D eigenvalue weighted by Crippen LogP contribution is 2.32. The Kier molecular flexibility index (Phi) is 3.53. The Morgan fingerprint density at radius 2 is 2.22 bits per heavy atom. The Hall–Kier alpha value is -2.34. The first kappa shape index (κ1) is 14.3. The van der Waals surface area contributed by atoms with E-state index in [1.165, 1.54) is 0 Å². The maximum atomic E-state index is 12.7. The number of fused-ring (bicyclic) bond motifs is 1. The van der Waals surface area contributed by atoms with Gasteiger partial charge < -0.3 is 14.8 Å². The van der Waals surface area contributed by atoms with Gasteiger partial charge in [-0.05, 0) is 12.5 Å². The molecule has 2 aliphatic heterocycles. The first-order valence-electron chi connectivity index (χ1n) is 7.86. The van der Waals surface area contributed by atoms with Crippen LogP contribution in [0, 0.1) is 0 Å². The van der Waals surface area contributed by atoms with Crippen LogP contribution in [0.25, 0.3) is 0 Å². The lowest BCUT2D eigenvalue weighted by atomic mass is 10.0. The van der Waals surface area contributed by atoms with Crippen molar-refractivity contribution in [3.05, 3.63) is 47.3 Å². The molecule has 2 aliphatic rings. The van der Waals surface area contributed by atoms with Crippen molar-refractivity contribution in [2.24, 2.45) is 7.05 Å². The smallest absolute Gasteiger partial charge is 0.255 e. The molecule has 0 bridgehead atoms. The molecular weight excluding hydrogens is 294 g/mol. The molecule has 23 heavy (non-hydrogen) atoms. The van der Waals surface area contributed by atoms with Crippen molar-refractivity contribution in [3.63, 3.8) is 0 Å². The van der Waals surface area contributed by atoms with Gasteiger partial charge in [0.25, 0.3) is 5.91 Å². The molecule has 1 saturated heterocycles. The third-order valence-corrected chi connectivity index (χ3v) is 4.42. The van der Waals surface area contributed by atoms with E-state index < -0.39 is 0 Å². The van der Waals surface area contributed by atoms with Crippen molar-refractivity contribution in [1.29, 1.82) is 0 Å². The van der Waals surface area contributed by atoms with Gasteiger partial charge in [-0.3, -0.25) is 9.48 Å². The molecule has 1 amide bonds. The highest BCUT2D eigenvalue weighted by atomic mass is 16.5. The van der Waals surface area contributed by atoms with Crippen LogP contribution in [-0.4, -0.2) is 35.5 Å². The molecule has 0 spiro atoms. The molecule has 1 aromatic carbocycles. The van der Waals surface area contributed by atoms with Crippen molar-refractivity contribution < 1.29 is 14.3 Å². The number of hydrogen-bond donors (Lipinski definition) is 1.